The van der Waals surface area contributed by atoms with Crippen LogP contribution in [0.1, 0.15) is 24.8 Å². The fraction of sp³-hybridized carbons (Fsp3) is 0.238. The normalized spacial score (nSPS) is 15.1. The third kappa shape index (κ3) is 3.64. The monoisotopic (exact) mass is 348 g/mol. The molecule has 1 amide bonds. The van der Waals surface area contributed by atoms with Gasteiger partial charge in [0.05, 0.1) is 10.6 Å². The van der Waals surface area contributed by atoms with Gasteiger partial charge in [-0.3, -0.25) is 9.78 Å². The zero-order chi connectivity index (χ0) is 17.1. The lowest BCUT2D eigenvalue weighted by molar-refractivity contribution is -0.126. The highest BCUT2D eigenvalue weighted by atomic mass is 32.1. The van der Waals surface area contributed by atoms with E-state index in [9.17, 15) is 4.79 Å². The van der Waals surface area contributed by atoms with Gasteiger partial charge in [-0.1, -0.05) is 24.3 Å². The predicted molar refractivity (Wildman–Crippen MR) is 105 cm³/mol. The van der Waals surface area contributed by atoms with E-state index in [4.69, 9.17) is 0 Å². The van der Waals surface area contributed by atoms with E-state index >= 15 is 0 Å². The number of hydrogen-bond acceptors (Lipinski definition) is 3. The second-order valence-electron chi connectivity index (χ2n) is 6.34. The number of carbonyl (C=O) groups excluding carboxylic acids is 1. The van der Waals surface area contributed by atoms with Crippen LogP contribution in [0.5, 0.6) is 0 Å². The van der Waals surface area contributed by atoms with Crippen LogP contribution in [0.4, 0.5) is 0 Å². The summed E-state index contributed by atoms with van der Waals surface area (Å²) in [5, 5.41) is 1.25. The summed E-state index contributed by atoms with van der Waals surface area (Å²) in [7, 11) is 0. The number of thiophene rings is 1. The van der Waals surface area contributed by atoms with E-state index in [0.29, 0.717) is 0 Å². The average molecular weight is 348 g/mol. The van der Waals surface area contributed by atoms with Gasteiger partial charge in [0.1, 0.15) is 0 Å². The Balaban J connectivity index is 1.48. The van der Waals surface area contributed by atoms with Crippen LogP contribution in [0.15, 0.2) is 54.7 Å². The van der Waals surface area contributed by atoms with E-state index in [2.05, 4.69) is 35.3 Å². The fourth-order valence-corrected chi connectivity index (χ4v) is 4.18. The third-order valence-electron chi connectivity index (χ3n) is 4.55. The van der Waals surface area contributed by atoms with Gasteiger partial charge in [-0.25, -0.2) is 0 Å². The SMILES string of the molecule is O=C(/C=C/c1ccc(-c2cc3ccccc3s2)nc1)N1CCCCC1. The lowest BCUT2D eigenvalue weighted by atomic mass is 10.1. The molecule has 1 fully saturated rings. The van der Waals surface area contributed by atoms with Gasteiger partial charge in [0.15, 0.2) is 0 Å². The summed E-state index contributed by atoms with van der Waals surface area (Å²) in [4.78, 5) is 19.8. The number of nitrogens with zero attached hydrogens (tertiary/aromatic N) is 2. The average Bonchev–Trinajstić information content (AvgIpc) is 3.11. The molecule has 1 saturated heterocycles. The van der Waals surface area contributed by atoms with E-state index in [1.807, 2.05) is 29.3 Å². The molecule has 1 aliphatic rings. The van der Waals surface area contributed by atoms with Crippen LogP contribution in [-0.4, -0.2) is 28.9 Å². The van der Waals surface area contributed by atoms with Gasteiger partial charge in [-0.2, -0.15) is 0 Å². The minimum atomic E-state index is 0.105. The number of hydrogen-bond donors (Lipinski definition) is 0. The molecule has 3 aromatic rings. The van der Waals surface area contributed by atoms with E-state index < -0.39 is 0 Å². The molecule has 0 aliphatic carbocycles. The number of carbonyl (C=O) groups is 1. The highest BCUT2D eigenvalue weighted by Gasteiger charge is 2.13. The second kappa shape index (κ2) is 7.19. The molecule has 4 heteroatoms. The summed E-state index contributed by atoms with van der Waals surface area (Å²) in [5.74, 6) is 0.105. The molecule has 3 heterocycles. The van der Waals surface area contributed by atoms with Gasteiger partial charge in [-0.15, -0.1) is 11.3 Å². The van der Waals surface area contributed by atoms with Crippen LogP contribution in [0.25, 0.3) is 26.7 Å². The molecular weight excluding hydrogens is 328 g/mol. The Hall–Kier alpha value is -2.46. The van der Waals surface area contributed by atoms with Crippen molar-refractivity contribution in [1.82, 2.24) is 9.88 Å². The van der Waals surface area contributed by atoms with Gasteiger partial charge in [0, 0.05) is 30.1 Å². The van der Waals surface area contributed by atoms with Crippen LogP contribution in [0.3, 0.4) is 0 Å². The first kappa shape index (κ1) is 16.0. The number of pyridine rings is 1. The first-order valence-corrected chi connectivity index (χ1v) is 9.53. The van der Waals surface area contributed by atoms with Crippen molar-refractivity contribution in [3.05, 3.63) is 60.3 Å². The number of aromatic nitrogens is 1. The summed E-state index contributed by atoms with van der Waals surface area (Å²) in [6.45, 7) is 1.76. The first-order chi connectivity index (χ1) is 12.3. The Bertz CT molecular complexity index is 872. The van der Waals surface area contributed by atoms with Crippen molar-refractivity contribution >= 4 is 33.4 Å². The minimum Gasteiger partial charge on any atom is -0.339 e. The zero-order valence-corrected chi connectivity index (χ0v) is 14.8. The van der Waals surface area contributed by atoms with E-state index in [1.165, 1.54) is 21.4 Å². The molecule has 0 unspecified atom stereocenters. The number of likely N-dealkylation sites (tertiary alicyclic amines) is 1. The molecule has 0 spiro atoms. The van der Waals surface area contributed by atoms with Gasteiger partial charge in [0.25, 0.3) is 0 Å². The van der Waals surface area contributed by atoms with Crippen molar-refractivity contribution in [1.29, 1.82) is 0 Å². The molecule has 126 valence electrons. The van der Waals surface area contributed by atoms with Crippen LogP contribution in [-0.2, 0) is 4.79 Å². The molecule has 0 radical (unpaired) electrons. The molecule has 1 aliphatic heterocycles. The maximum atomic E-state index is 12.2. The van der Waals surface area contributed by atoms with Gasteiger partial charge >= 0.3 is 0 Å². The predicted octanol–water partition coefficient (Wildman–Crippen LogP) is 4.99. The molecule has 3 nitrogen and oxygen atoms in total. The molecular formula is C21H20N2OS. The lowest BCUT2D eigenvalue weighted by Crippen LogP contribution is -2.34. The molecule has 1 aromatic carbocycles. The Morgan fingerprint density at radius 2 is 1.92 bits per heavy atom. The Morgan fingerprint density at radius 1 is 1.08 bits per heavy atom. The van der Waals surface area contributed by atoms with Crippen LogP contribution < -0.4 is 0 Å². The fourth-order valence-electron chi connectivity index (χ4n) is 3.14. The van der Waals surface area contributed by atoms with Crippen molar-refractivity contribution in [2.24, 2.45) is 0 Å². The van der Waals surface area contributed by atoms with E-state index in [1.54, 1.807) is 17.4 Å². The lowest BCUT2D eigenvalue weighted by Gasteiger charge is -2.25. The molecule has 0 atom stereocenters. The Morgan fingerprint density at radius 3 is 2.68 bits per heavy atom. The third-order valence-corrected chi connectivity index (χ3v) is 5.69. The Labute approximate surface area is 151 Å². The molecule has 0 bridgehead atoms. The maximum Gasteiger partial charge on any atom is 0.246 e. The highest BCUT2D eigenvalue weighted by molar-refractivity contribution is 7.22. The zero-order valence-electron chi connectivity index (χ0n) is 14.0. The van der Waals surface area contributed by atoms with Crippen molar-refractivity contribution in [3.63, 3.8) is 0 Å². The molecule has 25 heavy (non-hydrogen) atoms. The van der Waals surface area contributed by atoms with Gasteiger partial charge in [0.2, 0.25) is 5.91 Å². The van der Waals surface area contributed by atoms with Crippen molar-refractivity contribution in [2.45, 2.75) is 19.3 Å². The van der Waals surface area contributed by atoms with Crippen molar-refractivity contribution in [2.75, 3.05) is 13.1 Å². The number of piperidine rings is 1. The highest BCUT2D eigenvalue weighted by Crippen LogP contribution is 2.32. The summed E-state index contributed by atoms with van der Waals surface area (Å²) in [6, 6.07) is 14.6. The molecule has 4 rings (SSSR count). The summed E-state index contributed by atoms with van der Waals surface area (Å²) in [5.41, 5.74) is 1.93. The number of rotatable bonds is 3. The van der Waals surface area contributed by atoms with Gasteiger partial charge in [-0.05, 0) is 54.5 Å². The smallest absolute Gasteiger partial charge is 0.246 e. The molecule has 2 aromatic heterocycles. The van der Waals surface area contributed by atoms with Crippen LogP contribution >= 0.6 is 11.3 Å². The second-order valence-corrected chi connectivity index (χ2v) is 7.43. The number of benzene rings is 1. The summed E-state index contributed by atoms with van der Waals surface area (Å²) in [6.07, 6.45) is 8.83. The Kier molecular flexibility index (Phi) is 4.61. The number of amides is 1. The maximum absolute atomic E-state index is 12.2. The summed E-state index contributed by atoms with van der Waals surface area (Å²) >= 11 is 1.75. The summed E-state index contributed by atoms with van der Waals surface area (Å²) < 4.78 is 1.27. The molecule has 0 N–H and O–H groups in total. The standard InChI is InChI=1S/C21H20N2OS/c24-21(23-12-4-1-5-13-23)11-9-16-8-10-18(22-15-16)20-14-17-6-2-3-7-19(17)25-20/h2-3,6-11,14-15H,1,4-5,12-13H2/b11-9+. The minimum absolute atomic E-state index is 0.105. The quantitative estimate of drug-likeness (QED) is 0.625. The molecule has 0 saturated carbocycles. The van der Waals surface area contributed by atoms with E-state index in [0.717, 1.165) is 37.2 Å². The van der Waals surface area contributed by atoms with Crippen LogP contribution in [0.2, 0.25) is 0 Å². The topological polar surface area (TPSA) is 33.2 Å². The van der Waals surface area contributed by atoms with Crippen LogP contribution in [0, 0.1) is 0 Å². The number of fused-ring (bicyclic) bond motifs is 1. The van der Waals surface area contributed by atoms with E-state index in [-0.39, 0.29) is 5.91 Å². The van der Waals surface area contributed by atoms with Crippen molar-refractivity contribution < 1.29 is 4.79 Å². The van der Waals surface area contributed by atoms with Crippen molar-refractivity contribution in [3.8, 4) is 10.6 Å². The van der Waals surface area contributed by atoms with Gasteiger partial charge < -0.3 is 4.90 Å². The largest absolute Gasteiger partial charge is 0.339 e. The first-order valence-electron chi connectivity index (χ1n) is 8.71.